The Morgan fingerprint density at radius 2 is 2.00 bits per heavy atom. The molecule has 4 aromatic heterocycles. The van der Waals surface area contributed by atoms with Gasteiger partial charge >= 0.3 is 0 Å². The lowest BCUT2D eigenvalue weighted by Crippen LogP contribution is -2.02. The van der Waals surface area contributed by atoms with Gasteiger partial charge in [0.15, 0.2) is 0 Å². The monoisotopic (exact) mass is 309 g/mol. The zero-order chi connectivity index (χ0) is 16.1. The van der Waals surface area contributed by atoms with Crippen molar-refractivity contribution in [2.45, 2.75) is 26.8 Å². The molecule has 0 fully saturated rings. The first-order valence-corrected chi connectivity index (χ1v) is 7.52. The van der Waals surface area contributed by atoms with Crippen molar-refractivity contribution in [3.05, 3.63) is 42.4 Å². The van der Waals surface area contributed by atoms with Gasteiger partial charge < -0.3 is 9.55 Å². The number of aromatic amines is 1. The van der Waals surface area contributed by atoms with E-state index in [0.29, 0.717) is 11.7 Å². The Bertz CT molecular complexity index is 1030. The SMILES string of the molecule is Cc1nc2cnc(-c3c[nH]c4ncc(F)cc34)cc2n1C(C)C. The van der Waals surface area contributed by atoms with E-state index in [1.165, 1.54) is 12.3 Å². The molecular formula is C17H16FN5. The highest BCUT2D eigenvalue weighted by Crippen LogP contribution is 2.29. The van der Waals surface area contributed by atoms with E-state index in [1.807, 2.05) is 19.2 Å². The summed E-state index contributed by atoms with van der Waals surface area (Å²) in [5.41, 5.74) is 4.16. The first-order valence-electron chi connectivity index (χ1n) is 7.52. The molecule has 0 bridgehead atoms. The highest BCUT2D eigenvalue weighted by molar-refractivity contribution is 5.94. The molecule has 0 radical (unpaired) electrons. The highest BCUT2D eigenvalue weighted by Gasteiger charge is 2.14. The maximum Gasteiger partial charge on any atom is 0.142 e. The van der Waals surface area contributed by atoms with Gasteiger partial charge in [-0.25, -0.2) is 14.4 Å². The van der Waals surface area contributed by atoms with Crippen LogP contribution in [0.2, 0.25) is 0 Å². The summed E-state index contributed by atoms with van der Waals surface area (Å²) in [5.74, 6) is 0.600. The molecule has 0 amide bonds. The van der Waals surface area contributed by atoms with Crippen LogP contribution in [0.3, 0.4) is 0 Å². The molecule has 23 heavy (non-hydrogen) atoms. The number of fused-ring (bicyclic) bond motifs is 2. The number of hydrogen-bond acceptors (Lipinski definition) is 3. The minimum absolute atomic E-state index is 0.303. The Balaban J connectivity index is 1.97. The first kappa shape index (κ1) is 13.9. The molecular weight excluding hydrogens is 293 g/mol. The van der Waals surface area contributed by atoms with Gasteiger partial charge in [-0.1, -0.05) is 0 Å². The summed E-state index contributed by atoms with van der Waals surface area (Å²) >= 11 is 0. The smallest absolute Gasteiger partial charge is 0.142 e. The normalized spacial score (nSPS) is 11.9. The molecule has 0 atom stereocenters. The van der Waals surface area contributed by atoms with Gasteiger partial charge in [-0.05, 0) is 32.9 Å². The number of pyridine rings is 2. The second-order valence-corrected chi connectivity index (χ2v) is 5.93. The third kappa shape index (κ3) is 2.10. The Hall–Kier alpha value is -2.76. The van der Waals surface area contributed by atoms with Gasteiger partial charge in [0.25, 0.3) is 0 Å². The number of rotatable bonds is 2. The largest absolute Gasteiger partial charge is 0.345 e. The van der Waals surface area contributed by atoms with Gasteiger partial charge in [0.2, 0.25) is 0 Å². The van der Waals surface area contributed by atoms with Crippen LogP contribution in [0.25, 0.3) is 33.3 Å². The second kappa shape index (κ2) is 4.87. The van der Waals surface area contributed by atoms with E-state index >= 15 is 0 Å². The lowest BCUT2D eigenvalue weighted by molar-refractivity contribution is 0.600. The standard InChI is InChI=1S/C17H16FN5/c1-9(2)23-10(3)22-15-8-19-14(5-16(15)23)13-7-21-17-12(13)4-11(18)6-20-17/h4-9H,1-3H3,(H,20,21). The van der Waals surface area contributed by atoms with E-state index in [1.54, 1.807) is 6.20 Å². The molecule has 4 heterocycles. The highest BCUT2D eigenvalue weighted by atomic mass is 19.1. The molecule has 0 saturated heterocycles. The van der Waals surface area contributed by atoms with Crippen molar-refractivity contribution in [1.82, 2.24) is 24.5 Å². The molecule has 4 rings (SSSR count). The van der Waals surface area contributed by atoms with Gasteiger partial charge in [-0.15, -0.1) is 0 Å². The van der Waals surface area contributed by atoms with Gasteiger partial charge in [0, 0.05) is 23.2 Å². The third-order valence-corrected chi connectivity index (χ3v) is 4.04. The molecule has 0 unspecified atom stereocenters. The molecule has 0 aliphatic carbocycles. The fourth-order valence-electron chi connectivity index (χ4n) is 3.11. The summed E-state index contributed by atoms with van der Waals surface area (Å²) in [6, 6.07) is 3.78. The van der Waals surface area contributed by atoms with E-state index in [2.05, 4.69) is 38.4 Å². The average Bonchev–Trinajstić information content (AvgIpc) is 3.05. The van der Waals surface area contributed by atoms with Crippen LogP contribution in [0.4, 0.5) is 4.39 Å². The molecule has 0 aromatic carbocycles. The molecule has 0 saturated carbocycles. The fourth-order valence-corrected chi connectivity index (χ4v) is 3.11. The predicted octanol–water partition coefficient (Wildman–Crippen LogP) is 4.00. The van der Waals surface area contributed by atoms with Gasteiger partial charge in [-0.2, -0.15) is 0 Å². The van der Waals surface area contributed by atoms with Crippen LogP contribution in [0.5, 0.6) is 0 Å². The maximum atomic E-state index is 13.5. The number of H-pyrrole nitrogens is 1. The maximum absolute atomic E-state index is 13.5. The fraction of sp³-hybridized carbons (Fsp3) is 0.235. The molecule has 5 nitrogen and oxygen atoms in total. The van der Waals surface area contributed by atoms with E-state index in [4.69, 9.17) is 0 Å². The molecule has 116 valence electrons. The Morgan fingerprint density at radius 1 is 1.17 bits per heavy atom. The van der Waals surface area contributed by atoms with Crippen molar-refractivity contribution in [2.75, 3.05) is 0 Å². The van der Waals surface area contributed by atoms with E-state index < -0.39 is 0 Å². The summed E-state index contributed by atoms with van der Waals surface area (Å²) in [7, 11) is 0. The van der Waals surface area contributed by atoms with Gasteiger partial charge in [0.05, 0.1) is 23.6 Å². The van der Waals surface area contributed by atoms with Crippen molar-refractivity contribution in [3.63, 3.8) is 0 Å². The van der Waals surface area contributed by atoms with Crippen molar-refractivity contribution in [2.24, 2.45) is 0 Å². The van der Waals surface area contributed by atoms with Crippen molar-refractivity contribution in [1.29, 1.82) is 0 Å². The van der Waals surface area contributed by atoms with Crippen molar-refractivity contribution < 1.29 is 4.39 Å². The summed E-state index contributed by atoms with van der Waals surface area (Å²) in [4.78, 5) is 16.2. The molecule has 0 spiro atoms. The molecule has 0 aliphatic rings. The van der Waals surface area contributed by atoms with Crippen LogP contribution >= 0.6 is 0 Å². The van der Waals surface area contributed by atoms with Crippen LogP contribution in [-0.2, 0) is 0 Å². The Kier molecular flexibility index (Phi) is 2.94. The average molecular weight is 309 g/mol. The number of nitrogens with one attached hydrogen (secondary N) is 1. The lowest BCUT2D eigenvalue weighted by Gasteiger charge is -2.11. The predicted molar refractivity (Wildman–Crippen MR) is 87.7 cm³/mol. The molecule has 4 aromatic rings. The number of aryl methyl sites for hydroxylation is 1. The van der Waals surface area contributed by atoms with Crippen molar-refractivity contribution >= 4 is 22.1 Å². The number of nitrogens with zero attached hydrogens (tertiary/aromatic N) is 4. The lowest BCUT2D eigenvalue weighted by atomic mass is 10.1. The number of hydrogen-bond donors (Lipinski definition) is 1. The van der Waals surface area contributed by atoms with Crippen LogP contribution in [0, 0.1) is 12.7 Å². The number of halogens is 1. The summed E-state index contributed by atoms with van der Waals surface area (Å²) < 4.78 is 15.7. The zero-order valence-electron chi connectivity index (χ0n) is 13.1. The topological polar surface area (TPSA) is 59.4 Å². The van der Waals surface area contributed by atoms with Gasteiger partial charge in [0.1, 0.15) is 22.8 Å². The zero-order valence-corrected chi connectivity index (χ0v) is 13.1. The molecule has 0 aliphatic heterocycles. The Labute approximate surface area is 132 Å². The van der Waals surface area contributed by atoms with Crippen LogP contribution in [0.1, 0.15) is 25.7 Å². The van der Waals surface area contributed by atoms with E-state index in [0.717, 1.165) is 33.5 Å². The van der Waals surface area contributed by atoms with Crippen LogP contribution in [-0.4, -0.2) is 24.5 Å². The first-order chi connectivity index (χ1) is 11.0. The summed E-state index contributed by atoms with van der Waals surface area (Å²) in [5, 5.41) is 0.726. The van der Waals surface area contributed by atoms with Crippen LogP contribution in [0.15, 0.2) is 30.7 Å². The summed E-state index contributed by atoms with van der Waals surface area (Å²) in [6.07, 6.45) is 4.78. The third-order valence-electron chi connectivity index (χ3n) is 4.04. The molecule has 6 heteroatoms. The van der Waals surface area contributed by atoms with E-state index in [-0.39, 0.29) is 5.82 Å². The minimum atomic E-state index is -0.359. The van der Waals surface area contributed by atoms with Crippen LogP contribution < -0.4 is 0 Å². The second-order valence-electron chi connectivity index (χ2n) is 5.93. The Morgan fingerprint density at radius 3 is 2.78 bits per heavy atom. The van der Waals surface area contributed by atoms with Gasteiger partial charge in [-0.3, -0.25) is 4.98 Å². The number of imidazole rings is 1. The molecule has 1 N–H and O–H groups in total. The minimum Gasteiger partial charge on any atom is -0.345 e. The summed E-state index contributed by atoms with van der Waals surface area (Å²) in [6.45, 7) is 6.24. The van der Waals surface area contributed by atoms with E-state index in [9.17, 15) is 4.39 Å². The quantitative estimate of drug-likeness (QED) is 0.609. The number of aromatic nitrogens is 5. The van der Waals surface area contributed by atoms with Crippen molar-refractivity contribution in [3.8, 4) is 11.3 Å².